The molecule has 0 heterocycles. The molecule has 1 fully saturated rings. The van der Waals surface area contributed by atoms with Crippen LogP contribution in [0.25, 0.3) is 0 Å². The number of benzene rings is 1. The van der Waals surface area contributed by atoms with Crippen LogP contribution in [-0.4, -0.2) is 26.7 Å². The van der Waals surface area contributed by atoms with Gasteiger partial charge in [-0.3, -0.25) is 0 Å². The summed E-state index contributed by atoms with van der Waals surface area (Å²) >= 11 is 0. The lowest BCUT2D eigenvalue weighted by atomic mass is 10.0. The number of aryl methyl sites for hydroxylation is 2. The Labute approximate surface area is 114 Å². The summed E-state index contributed by atoms with van der Waals surface area (Å²) in [5.74, 6) is 0. The third-order valence-electron chi connectivity index (χ3n) is 3.86. The van der Waals surface area contributed by atoms with Crippen LogP contribution >= 0.6 is 0 Å². The summed E-state index contributed by atoms with van der Waals surface area (Å²) in [6.07, 6.45) is 2.65. The lowest BCUT2D eigenvalue weighted by Gasteiger charge is -2.15. The second kappa shape index (κ2) is 5.23. The summed E-state index contributed by atoms with van der Waals surface area (Å²) < 4.78 is 27.2. The molecule has 0 bridgehead atoms. The standard InChI is InChI=1S/C14H21NO3S/c1-11-3-4-13(12(2)9-11)19(17,18)15-10-14(5-6-14)7-8-16/h3-4,9,15-16H,5-8,10H2,1-2H3. The van der Waals surface area contributed by atoms with Crippen molar-refractivity contribution in [2.75, 3.05) is 13.2 Å². The fourth-order valence-corrected chi connectivity index (χ4v) is 3.74. The van der Waals surface area contributed by atoms with Crippen molar-refractivity contribution >= 4 is 10.0 Å². The van der Waals surface area contributed by atoms with Crippen LogP contribution < -0.4 is 4.72 Å². The third-order valence-corrected chi connectivity index (χ3v) is 5.42. The molecule has 106 valence electrons. The molecule has 0 aliphatic heterocycles. The molecule has 0 amide bonds. The van der Waals surface area contributed by atoms with Crippen LogP contribution in [0.2, 0.25) is 0 Å². The van der Waals surface area contributed by atoms with Gasteiger partial charge in [-0.2, -0.15) is 0 Å². The van der Waals surface area contributed by atoms with E-state index in [4.69, 9.17) is 5.11 Å². The van der Waals surface area contributed by atoms with Gasteiger partial charge in [0.05, 0.1) is 4.90 Å². The quantitative estimate of drug-likeness (QED) is 0.836. The number of aliphatic hydroxyl groups is 1. The predicted octanol–water partition coefficient (Wildman–Crippen LogP) is 1.74. The van der Waals surface area contributed by atoms with Gasteiger partial charge < -0.3 is 5.11 Å². The van der Waals surface area contributed by atoms with E-state index in [1.54, 1.807) is 6.07 Å². The van der Waals surface area contributed by atoms with Crippen LogP contribution in [0.1, 0.15) is 30.4 Å². The van der Waals surface area contributed by atoms with Crippen molar-refractivity contribution in [1.82, 2.24) is 4.72 Å². The molecule has 1 aliphatic rings. The molecule has 1 aliphatic carbocycles. The molecular weight excluding hydrogens is 262 g/mol. The third kappa shape index (κ3) is 3.35. The second-order valence-electron chi connectivity index (χ2n) is 5.57. The van der Waals surface area contributed by atoms with Gasteiger partial charge in [0.2, 0.25) is 10.0 Å². The number of hydrogen-bond acceptors (Lipinski definition) is 3. The van der Waals surface area contributed by atoms with E-state index in [0.717, 1.165) is 24.0 Å². The Balaban J connectivity index is 2.10. The monoisotopic (exact) mass is 283 g/mol. The molecule has 4 nitrogen and oxygen atoms in total. The minimum atomic E-state index is -3.45. The van der Waals surface area contributed by atoms with Crippen LogP contribution in [0.3, 0.4) is 0 Å². The Morgan fingerprint density at radius 2 is 2.00 bits per heavy atom. The van der Waals surface area contributed by atoms with E-state index in [0.29, 0.717) is 17.9 Å². The Hall–Kier alpha value is -0.910. The molecule has 1 aromatic carbocycles. The minimum Gasteiger partial charge on any atom is -0.396 e. The zero-order valence-corrected chi connectivity index (χ0v) is 12.3. The number of nitrogens with one attached hydrogen (secondary N) is 1. The van der Waals surface area contributed by atoms with Crippen LogP contribution in [0.4, 0.5) is 0 Å². The van der Waals surface area contributed by atoms with Gasteiger partial charge in [0.25, 0.3) is 0 Å². The van der Waals surface area contributed by atoms with Gasteiger partial charge in [-0.05, 0) is 50.2 Å². The predicted molar refractivity (Wildman–Crippen MR) is 74.5 cm³/mol. The molecule has 0 atom stereocenters. The summed E-state index contributed by atoms with van der Waals surface area (Å²) in [7, 11) is -3.45. The highest BCUT2D eigenvalue weighted by Crippen LogP contribution is 2.48. The highest BCUT2D eigenvalue weighted by Gasteiger charge is 2.42. The van der Waals surface area contributed by atoms with Gasteiger partial charge in [-0.25, -0.2) is 13.1 Å². The first kappa shape index (κ1) is 14.5. The van der Waals surface area contributed by atoms with Crippen molar-refractivity contribution in [2.24, 2.45) is 5.41 Å². The highest BCUT2D eigenvalue weighted by molar-refractivity contribution is 7.89. The molecule has 0 unspecified atom stereocenters. The lowest BCUT2D eigenvalue weighted by molar-refractivity contribution is 0.249. The molecule has 5 heteroatoms. The Kier molecular flexibility index (Phi) is 3.99. The Morgan fingerprint density at radius 3 is 2.53 bits per heavy atom. The first-order valence-corrected chi connectivity index (χ1v) is 8.05. The molecule has 2 N–H and O–H groups in total. The number of aliphatic hydroxyl groups excluding tert-OH is 1. The number of sulfonamides is 1. The maximum absolute atomic E-state index is 12.3. The summed E-state index contributed by atoms with van der Waals surface area (Å²) in [5, 5.41) is 8.99. The molecule has 1 saturated carbocycles. The maximum atomic E-state index is 12.3. The minimum absolute atomic E-state index is 0.0135. The van der Waals surface area contributed by atoms with Gasteiger partial charge in [-0.1, -0.05) is 17.7 Å². The Bertz CT molecular complexity index is 562. The molecule has 0 spiro atoms. The largest absolute Gasteiger partial charge is 0.396 e. The first-order valence-electron chi connectivity index (χ1n) is 6.56. The smallest absolute Gasteiger partial charge is 0.240 e. The molecule has 2 rings (SSSR count). The fourth-order valence-electron chi connectivity index (χ4n) is 2.36. The van der Waals surface area contributed by atoms with E-state index >= 15 is 0 Å². The molecular formula is C14H21NO3S. The average Bonchev–Trinajstić information content (AvgIpc) is 3.07. The van der Waals surface area contributed by atoms with E-state index in [1.165, 1.54) is 0 Å². The van der Waals surface area contributed by atoms with Gasteiger partial charge in [0, 0.05) is 13.2 Å². The van der Waals surface area contributed by atoms with Crippen LogP contribution in [0, 0.1) is 19.3 Å². The van der Waals surface area contributed by atoms with E-state index in [-0.39, 0.29) is 12.0 Å². The van der Waals surface area contributed by atoms with Gasteiger partial charge in [-0.15, -0.1) is 0 Å². The van der Waals surface area contributed by atoms with E-state index in [9.17, 15) is 8.42 Å². The van der Waals surface area contributed by atoms with E-state index in [2.05, 4.69) is 4.72 Å². The van der Waals surface area contributed by atoms with Gasteiger partial charge >= 0.3 is 0 Å². The normalized spacial score (nSPS) is 17.4. The van der Waals surface area contributed by atoms with Gasteiger partial charge in [0.1, 0.15) is 0 Å². The van der Waals surface area contributed by atoms with Crippen molar-refractivity contribution < 1.29 is 13.5 Å². The fraction of sp³-hybridized carbons (Fsp3) is 0.571. The van der Waals surface area contributed by atoms with Gasteiger partial charge in [0.15, 0.2) is 0 Å². The summed E-state index contributed by atoms with van der Waals surface area (Å²) in [4.78, 5) is 0.345. The molecule has 0 radical (unpaired) electrons. The van der Waals surface area contributed by atoms with E-state index < -0.39 is 10.0 Å². The van der Waals surface area contributed by atoms with Crippen LogP contribution in [0.5, 0.6) is 0 Å². The molecule has 1 aromatic rings. The molecule has 0 saturated heterocycles. The summed E-state index contributed by atoms with van der Waals surface area (Å²) in [6.45, 7) is 4.29. The number of hydrogen-bond donors (Lipinski definition) is 2. The van der Waals surface area contributed by atoms with Crippen molar-refractivity contribution in [2.45, 2.75) is 38.0 Å². The summed E-state index contributed by atoms with van der Waals surface area (Å²) in [5.41, 5.74) is 1.80. The summed E-state index contributed by atoms with van der Waals surface area (Å²) in [6, 6.07) is 5.33. The molecule has 0 aromatic heterocycles. The zero-order valence-electron chi connectivity index (χ0n) is 11.4. The van der Waals surface area contributed by atoms with Crippen LogP contribution in [-0.2, 0) is 10.0 Å². The maximum Gasteiger partial charge on any atom is 0.240 e. The lowest BCUT2D eigenvalue weighted by Crippen LogP contribution is -2.31. The molecule has 19 heavy (non-hydrogen) atoms. The topological polar surface area (TPSA) is 66.4 Å². The second-order valence-corrected chi connectivity index (χ2v) is 7.30. The SMILES string of the molecule is Cc1ccc(S(=O)(=O)NCC2(CCO)CC2)c(C)c1. The van der Waals surface area contributed by atoms with Crippen molar-refractivity contribution in [3.8, 4) is 0 Å². The van der Waals surface area contributed by atoms with Crippen molar-refractivity contribution in [3.05, 3.63) is 29.3 Å². The van der Waals surface area contributed by atoms with E-state index in [1.807, 2.05) is 26.0 Å². The first-order chi connectivity index (χ1) is 8.88. The highest BCUT2D eigenvalue weighted by atomic mass is 32.2. The van der Waals surface area contributed by atoms with Crippen LogP contribution in [0.15, 0.2) is 23.1 Å². The van der Waals surface area contributed by atoms with Crippen molar-refractivity contribution in [3.63, 3.8) is 0 Å². The number of rotatable bonds is 6. The average molecular weight is 283 g/mol. The Morgan fingerprint density at radius 1 is 1.32 bits per heavy atom. The zero-order chi connectivity index (χ0) is 14.1. The van der Waals surface area contributed by atoms with Crippen molar-refractivity contribution in [1.29, 1.82) is 0 Å².